The molecular weight excluding hydrogens is 444 g/mol. The van der Waals surface area contributed by atoms with Crippen LogP contribution in [0.1, 0.15) is 37.9 Å². The summed E-state index contributed by atoms with van der Waals surface area (Å²) in [4.78, 5) is 26.1. The van der Waals surface area contributed by atoms with E-state index < -0.39 is 15.9 Å². The molecule has 0 unspecified atom stereocenters. The van der Waals surface area contributed by atoms with Crippen LogP contribution in [0.4, 0.5) is 0 Å². The van der Waals surface area contributed by atoms with Gasteiger partial charge in [0.25, 0.3) is 21.8 Å². The predicted octanol–water partition coefficient (Wildman–Crippen LogP) is 2.24. The average Bonchev–Trinajstić information content (AvgIpc) is 3.40. The summed E-state index contributed by atoms with van der Waals surface area (Å²) in [6.07, 6.45) is 0. The van der Waals surface area contributed by atoms with Crippen LogP contribution in [-0.2, 0) is 10.0 Å². The molecule has 2 N–H and O–H groups in total. The molecule has 3 aromatic rings. The van der Waals surface area contributed by atoms with Crippen LogP contribution in [0.5, 0.6) is 0 Å². The van der Waals surface area contributed by atoms with Gasteiger partial charge in [-0.25, -0.2) is 8.42 Å². The molecule has 4 rings (SSSR count). The molecule has 0 saturated carbocycles. The molecule has 0 radical (unpaired) electrons. The zero-order valence-electron chi connectivity index (χ0n) is 18.7. The summed E-state index contributed by atoms with van der Waals surface area (Å²) in [7, 11) is -3.92. The SMILES string of the molecule is Cc1ccccc1-n1c(C)cc(C(=O)N2CCN(S(=O)(=O)c3ccc(C(N)=O)o3)CC2)c1C. The first-order valence-electron chi connectivity index (χ1n) is 10.5. The van der Waals surface area contributed by atoms with Gasteiger partial charge in [0.05, 0.1) is 5.56 Å². The molecule has 9 nitrogen and oxygen atoms in total. The lowest BCUT2D eigenvalue weighted by Crippen LogP contribution is -2.50. The van der Waals surface area contributed by atoms with Gasteiger partial charge in [-0.15, -0.1) is 0 Å². The molecule has 33 heavy (non-hydrogen) atoms. The van der Waals surface area contributed by atoms with Crippen LogP contribution >= 0.6 is 0 Å². The highest BCUT2D eigenvalue weighted by Crippen LogP contribution is 2.25. The Morgan fingerprint density at radius 3 is 2.24 bits per heavy atom. The summed E-state index contributed by atoms with van der Waals surface area (Å²) in [5, 5.41) is -0.335. The fourth-order valence-electron chi connectivity index (χ4n) is 4.18. The van der Waals surface area contributed by atoms with Crippen LogP contribution < -0.4 is 5.73 Å². The van der Waals surface area contributed by atoms with Crippen LogP contribution in [0.25, 0.3) is 5.69 Å². The van der Waals surface area contributed by atoms with Gasteiger partial charge in [-0.3, -0.25) is 9.59 Å². The highest BCUT2D eigenvalue weighted by Gasteiger charge is 2.33. The van der Waals surface area contributed by atoms with Gasteiger partial charge in [0.1, 0.15) is 0 Å². The molecule has 2 amide bonds. The van der Waals surface area contributed by atoms with Gasteiger partial charge < -0.3 is 19.6 Å². The number of primary amides is 1. The number of benzene rings is 1. The average molecular weight is 471 g/mol. The Kier molecular flexibility index (Phi) is 5.89. The minimum absolute atomic E-state index is 0.122. The number of aromatic nitrogens is 1. The smallest absolute Gasteiger partial charge is 0.284 e. The molecule has 3 heterocycles. The molecule has 1 fully saturated rings. The van der Waals surface area contributed by atoms with E-state index >= 15 is 0 Å². The first-order chi connectivity index (χ1) is 15.6. The van der Waals surface area contributed by atoms with Crippen molar-refractivity contribution in [3.63, 3.8) is 0 Å². The van der Waals surface area contributed by atoms with E-state index in [2.05, 4.69) is 4.57 Å². The van der Waals surface area contributed by atoms with Gasteiger partial charge >= 0.3 is 0 Å². The first-order valence-corrected chi connectivity index (χ1v) is 12.0. The number of sulfonamides is 1. The number of para-hydroxylation sites is 1. The third-order valence-corrected chi connectivity index (χ3v) is 7.73. The topological polar surface area (TPSA) is 119 Å². The molecule has 174 valence electrons. The van der Waals surface area contributed by atoms with Crippen LogP contribution in [0.3, 0.4) is 0 Å². The Hall–Kier alpha value is -3.37. The number of amides is 2. The monoisotopic (exact) mass is 470 g/mol. The van der Waals surface area contributed by atoms with Crippen molar-refractivity contribution in [2.75, 3.05) is 26.2 Å². The molecular formula is C23H26N4O5S. The normalized spacial score (nSPS) is 15.1. The molecule has 0 aliphatic carbocycles. The molecule has 10 heteroatoms. The van der Waals surface area contributed by atoms with E-state index in [0.29, 0.717) is 5.56 Å². The second-order valence-corrected chi connectivity index (χ2v) is 9.95. The van der Waals surface area contributed by atoms with E-state index in [1.807, 2.05) is 51.1 Å². The van der Waals surface area contributed by atoms with Crippen LogP contribution in [0.2, 0.25) is 0 Å². The van der Waals surface area contributed by atoms with Gasteiger partial charge in [-0.1, -0.05) is 18.2 Å². The molecule has 1 aliphatic rings. The molecule has 0 atom stereocenters. The van der Waals surface area contributed by atoms with Gasteiger partial charge in [-0.2, -0.15) is 4.31 Å². The highest BCUT2D eigenvalue weighted by atomic mass is 32.2. The molecule has 1 saturated heterocycles. The van der Waals surface area contributed by atoms with Crippen molar-refractivity contribution in [3.8, 4) is 5.69 Å². The third kappa shape index (κ3) is 4.07. The lowest BCUT2D eigenvalue weighted by atomic mass is 10.2. The Balaban J connectivity index is 1.51. The van der Waals surface area contributed by atoms with Crippen molar-refractivity contribution >= 4 is 21.8 Å². The lowest BCUT2D eigenvalue weighted by Gasteiger charge is -2.33. The van der Waals surface area contributed by atoms with Crippen molar-refractivity contribution in [2.24, 2.45) is 5.73 Å². The fraction of sp³-hybridized carbons (Fsp3) is 0.304. The molecule has 0 bridgehead atoms. The number of nitrogens with zero attached hydrogens (tertiary/aromatic N) is 3. The molecule has 1 aromatic carbocycles. The number of nitrogens with two attached hydrogens (primary N) is 1. The number of carbonyl (C=O) groups excluding carboxylic acids is 2. The third-order valence-electron chi connectivity index (χ3n) is 5.96. The standard InChI is InChI=1S/C23H26N4O5S/c1-15-6-4-5-7-19(15)27-16(2)14-18(17(27)3)23(29)25-10-12-26(13-11-25)33(30,31)21-9-8-20(32-21)22(24)28/h4-9,14H,10-13H2,1-3H3,(H2,24,28). The van der Waals surface area contributed by atoms with E-state index in [4.69, 9.17) is 10.2 Å². The Bertz CT molecular complexity index is 1330. The van der Waals surface area contributed by atoms with Crippen LogP contribution in [0.15, 0.2) is 52.0 Å². The zero-order chi connectivity index (χ0) is 23.9. The largest absolute Gasteiger partial charge is 0.438 e. The summed E-state index contributed by atoms with van der Waals surface area (Å²) in [5.41, 5.74) is 9.67. The van der Waals surface area contributed by atoms with E-state index in [-0.39, 0.29) is 42.9 Å². The number of aryl methyl sites for hydroxylation is 2. The maximum absolute atomic E-state index is 13.3. The van der Waals surface area contributed by atoms with Gasteiger partial charge in [0.2, 0.25) is 5.09 Å². The summed E-state index contributed by atoms with van der Waals surface area (Å²) in [6, 6.07) is 12.3. The van der Waals surface area contributed by atoms with Crippen molar-refractivity contribution in [1.29, 1.82) is 0 Å². The van der Waals surface area contributed by atoms with Gasteiger partial charge in [0, 0.05) is 43.3 Å². The number of hydrogen-bond donors (Lipinski definition) is 1. The number of rotatable bonds is 5. The number of piperazine rings is 1. The highest BCUT2D eigenvalue weighted by molar-refractivity contribution is 7.89. The summed E-state index contributed by atoms with van der Waals surface area (Å²) in [6.45, 7) is 6.64. The minimum atomic E-state index is -3.92. The quantitative estimate of drug-likeness (QED) is 0.613. The van der Waals surface area contributed by atoms with E-state index in [9.17, 15) is 18.0 Å². The first kappa shape index (κ1) is 22.8. The number of furan rings is 1. The van der Waals surface area contributed by atoms with Crippen molar-refractivity contribution < 1.29 is 22.4 Å². The van der Waals surface area contributed by atoms with E-state index in [1.165, 1.54) is 16.4 Å². The second kappa shape index (κ2) is 8.53. The Morgan fingerprint density at radius 1 is 0.970 bits per heavy atom. The van der Waals surface area contributed by atoms with Crippen molar-refractivity contribution in [2.45, 2.75) is 25.9 Å². The molecule has 0 spiro atoms. The maximum atomic E-state index is 13.3. The Morgan fingerprint density at radius 2 is 1.64 bits per heavy atom. The molecule has 1 aliphatic heterocycles. The van der Waals surface area contributed by atoms with Crippen LogP contribution in [-0.4, -0.2) is 60.2 Å². The van der Waals surface area contributed by atoms with Gasteiger partial charge in [-0.05, 0) is 50.6 Å². The minimum Gasteiger partial charge on any atom is -0.438 e. The van der Waals surface area contributed by atoms with Crippen molar-refractivity contribution in [1.82, 2.24) is 13.8 Å². The zero-order valence-corrected chi connectivity index (χ0v) is 19.6. The summed E-state index contributed by atoms with van der Waals surface area (Å²) in [5.74, 6) is -1.18. The number of hydrogen-bond acceptors (Lipinski definition) is 5. The fourth-order valence-corrected chi connectivity index (χ4v) is 5.52. The molecule has 2 aromatic heterocycles. The van der Waals surface area contributed by atoms with Crippen LogP contribution in [0, 0.1) is 20.8 Å². The lowest BCUT2D eigenvalue weighted by molar-refractivity contribution is 0.0696. The number of carbonyl (C=O) groups is 2. The van der Waals surface area contributed by atoms with Gasteiger partial charge in [0.15, 0.2) is 5.76 Å². The summed E-state index contributed by atoms with van der Waals surface area (Å²) < 4.78 is 34.1. The van der Waals surface area contributed by atoms with E-state index in [1.54, 1.807) is 4.90 Å². The second-order valence-electron chi connectivity index (χ2n) is 8.09. The maximum Gasteiger partial charge on any atom is 0.284 e. The Labute approximate surface area is 192 Å². The van der Waals surface area contributed by atoms with E-state index in [0.717, 1.165) is 22.6 Å². The summed E-state index contributed by atoms with van der Waals surface area (Å²) >= 11 is 0. The van der Waals surface area contributed by atoms with Crippen molar-refractivity contribution in [3.05, 3.63) is 70.7 Å². The predicted molar refractivity (Wildman–Crippen MR) is 122 cm³/mol.